The van der Waals surface area contributed by atoms with Gasteiger partial charge in [-0.15, -0.1) is 0 Å². The van der Waals surface area contributed by atoms with E-state index in [0.29, 0.717) is 55.1 Å². The fourth-order valence-electron chi connectivity index (χ4n) is 11.4. The van der Waals surface area contributed by atoms with Gasteiger partial charge in [0, 0.05) is 79.7 Å². The van der Waals surface area contributed by atoms with Crippen molar-refractivity contribution in [1.29, 1.82) is 0 Å². The molecule has 5 aliphatic rings. The largest absolute Gasteiger partial charge is 0.490 e. The zero-order valence-corrected chi connectivity index (χ0v) is 42.2. The number of imide groups is 1. The number of carboxylic acids is 1. The Morgan fingerprint density at radius 2 is 1.61 bits per heavy atom. The van der Waals surface area contributed by atoms with Crippen LogP contribution in [-0.4, -0.2) is 104 Å². The first-order chi connectivity index (χ1) is 36.2. The van der Waals surface area contributed by atoms with E-state index >= 15 is 13.2 Å². The molecule has 3 aromatic carbocycles. The van der Waals surface area contributed by atoms with Crippen LogP contribution in [0.25, 0.3) is 22.2 Å². The molecule has 390 valence electrons. The maximum Gasteiger partial charge on any atom is 0.420 e. The number of halogens is 3. The molecule has 11 rings (SSSR count). The number of nitrogens with zero attached hydrogens (tertiary/aromatic N) is 7. The van der Waals surface area contributed by atoms with Crippen molar-refractivity contribution in [2.75, 3.05) is 54.4 Å². The van der Waals surface area contributed by atoms with Crippen LogP contribution in [0.4, 0.5) is 30.5 Å². The third-order valence-electron chi connectivity index (χ3n) is 15.3. The molecule has 0 spiro atoms. The van der Waals surface area contributed by atoms with E-state index in [1.165, 1.54) is 36.0 Å². The van der Waals surface area contributed by atoms with Gasteiger partial charge in [0.25, 0.3) is 5.91 Å². The van der Waals surface area contributed by atoms with Crippen LogP contribution in [0.2, 0.25) is 0 Å². The Morgan fingerprint density at radius 1 is 0.840 bits per heavy atom. The third-order valence-corrected chi connectivity index (χ3v) is 16.4. The van der Waals surface area contributed by atoms with Crippen molar-refractivity contribution in [1.82, 2.24) is 35.3 Å². The SMILES string of the molecule is Cn1nc(C2CCC(=O)NC2=O)c2ccc(N3CCN(CCCC4CCC(Oc5cccc(-c6ccc(N7CCc8cccc(C(=O)NC9Nc%10ccccc%10S9)c8C7)nc6C(=O)O)c5C(F)(F)F)CC4)CC3)nc21. The van der Waals surface area contributed by atoms with Crippen LogP contribution in [0.15, 0.2) is 89.8 Å². The van der Waals surface area contributed by atoms with Gasteiger partial charge >= 0.3 is 12.1 Å². The molecule has 4 N–H and O–H groups in total. The summed E-state index contributed by atoms with van der Waals surface area (Å²) in [6, 6.07) is 24.3. The predicted octanol–water partition coefficient (Wildman–Crippen LogP) is 8.60. The number of para-hydroxylation sites is 1. The molecule has 3 fully saturated rings. The summed E-state index contributed by atoms with van der Waals surface area (Å²) < 4.78 is 53.4. The minimum atomic E-state index is -4.86. The highest BCUT2D eigenvalue weighted by Crippen LogP contribution is 2.46. The van der Waals surface area contributed by atoms with E-state index < -0.39 is 35.4 Å². The summed E-state index contributed by atoms with van der Waals surface area (Å²) in [7, 11) is 1.82. The van der Waals surface area contributed by atoms with E-state index in [9.17, 15) is 24.3 Å². The lowest BCUT2D eigenvalue weighted by molar-refractivity contribution is -0.139. The first-order valence-electron chi connectivity index (χ1n) is 25.7. The molecule has 4 aliphatic heterocycles. The Morgan fingerprint density at radius 3 is 2.39 bits per heavy atom. The number of fused-ring (bicyclic) bond motifs is 3. The minimum absolute atomic E-state index is 0.167. The molecule has 2 saturated heterocycles. The fraction of sp³-hybridized carbons (Fsp3) is 0.400. The fourth-order valence-corrected chi connectivity index (χ4v) is 12.5. The molecular weight excluding hydrogens is 986 g/mol. The number of pyridine rings is 2. The molecule has 3 amide bonds. The Balaban J connectivity index is 0.688. The van der Waals surface area contributed by atoms with Gasteiger partial charge < -0.3 is 30.3 Å². The smallest absolute Gasteiger partial charge is 0.420 e. The lowest BCUT2D eigenvalue weighted by atomic mass is 9.84. The number of anilines is 3. The average molecular weight is 1040 g/mol. The van der Waals surface area contributed by atoms with Crippen LogP contribution < -0.4 is 30.5 Å². The minimum Gasteiger partial charge on any atom is -0.490 e. The lowest BCUT2D eigenvalue weighted by Crippen LogP contribution is -2.47. The number of hydrogen-bond acceptors (Lipinski definition) is 13. The summed E-state index contributed by atoms with van der Waals surface area (Å²) in [4.78, 5) is 67.9. The van der Waals surface area contributed by atoms with Crippen molar-refractivity contribution in [3.8, 4) is 16.9 Å². The van der Waals surface area contributed by atoms with Gasteiger partial charge in [0.05, 0.1) is 23.4 Å². The number of carboxylic acid groups (broad SMARTS) is 1. The van der Waals surface area contributed by atoms with Gasteiger partial charge in [-0.1, -0.05) is 48.2 Å². The normalized spacial score (nSPS) is 21.1. The molecule has 2 unspecified atom stereocenters. The van der Waals surface area contributed by atoms with E-state index in [2.05, 4.69) is 35.8 Å². The standard InChI is InChI=1S/C55H57F3N10O6S/c1-65-50-38(48(64-65)39-20-23-46(69)62-52(39)71)19-22-45(61-50)67-29-27-66(28-30-67)25-6-7-32-14-16-34(17-15-32)74-42-12-5-9-35(47(42)55(56,57)58)36-18-21-44(60-49(36)53(72)73)68-26-24-33-8-4-10-37(40(33)31-68)51(70)63-54-59-41-11-2-3-13-43(41)75-54/h2-5,8-13,18-19,21-22,32,34,39,54,59H,6-7,14-17,20,23-31H2,1H3,(H,63,70)(H,72,73)(H,62,69,71). The number of piperidine rings is 1. The first kappa shape index (κ1) is 50.0. The molecule has 7 heterocycles. The molecule has 6 aromatic rings. The van der Waals surface area contributed by atoms with Crippen molar-refractivity contribution in [3.63, 3.8) is 0 Å². The van der Waals surface area contributed by atoms with Crippen molar-refractivity contribution in [3.05, 3.63) is 119 Å². The van der Waals surface area contributed by atoms with Gasteiger partial charge in [-0.3, -0.25) is 29.3 Å². The summed E-state index contributed by atoms with van der Waals surface area (Å²) in [5.41, 5.74) is 2.12. The number of piperazine rings is 1. The Labute approximate surface area is 435 Å². The summed E-state index contributed by atoms with van der Waals surface area (Å²) in [5, 5.41) is 24.7. The second-order valence-corrected chi connectivity index (χ2v) is 21.2. The van der Waals surface area contributed by atoms with Crippen LogP contribution in [0.1, 0.15) is 101 Å². The molecule has 0 radical (unpaired) electrons. The number of rotatable bonds is 13. The predicted molar refractivity (Wildman–Crippen MR) is 278 cm³/mol. The van der Waals surface area contributed by atoms with Crippen molar-refractivity contribution < 1.29 is 42.2 Å². The van der Waals surface area contributed by atoms with Gasteiger partial charge in [0.15, 0.2) is 16.8 Å². The highest BCUT2D eigenvalue weighted by Gasteiger charge is 2.40. The number of aromatic nitrogens is 4. The second kappa shape index (κ2) is 20.8. The van der Waals surface area contributed by atoms with Crippen LogP contribution >= 0.6 is 11.8 Å². The van der Waals surface area contributed by atoms with Gasteiger partial charge in [-0.05, 0) is 123 Å². The Hall–Kier alpha value is -7.19. The molecule has 1 aliphatic carbocycles. The lowest BCUT2D eigenvalue weighted by Gasteiger charge is -2.36. The van der Waals surface area contributed by atoms with Crippen LogP contribution in [0, 0.1) is 5.92 Å². The van der Waals surface area contributed by atoms with E-state index in [1.54, 1.807) is 16.8 Å². The highest BCUT2D eigenvalue weighted by atomic mass is 32.2. The zero-order chi connectivity index (χ0) is 52.0. The van der Waals surface area contributed by atoms with Crippen LogP contribution in [0.5, 0.6) is 5.75 Å². The number of aryl methyl sites for hydroxylation is 1. The average Bonchev–Trinajstić information content (AvgIpc) is 3.97. The van der Waals surface area contributed by atoms with Crippen LogP contribution in [0.3, 0.4) is 0 Å². The van der Waals surface area contributed by atoms with Gasteiger partial charge in [-0.2, -0.15) is 18.3 Å². The van der Waals surface area contributed by atoms with Gasteiger partial charge in [0.1, 0.15) is 22.9 Å². The van der Waals surface area contributed by atoms with E-state index in [4.69, 9.17) is 9.72 Å². The first-order valence-corrected chi connectivity index (χ1v) is 26.6. The van der Waals surface area contributed by atoms with Crippen molar-refractivity contribution >= 4 is 63.8 Å². The number of thioether (sulfide) groups is 1. The summed E-state index contributed by atoms with van der Waals surface area (Å²) in [6.07, 6.45) is 0.872. The topological polar surface area (TPSA) is 187 Å². The summed E-state index contributed by atoms with van der Waals surface area (Å²) in [6.45, 7) is 5.04. The molecule has 75 heavy (non-hydrogen) atoms. The number of ether oxygens (including phenoxy) is 1. The quantitative estimate of drug-likeness (QED) is 0.0806. The second-order valence-electron chi connectivity index (χ2n) is 20.1. The van der Waals surface area contributed by atoms with E-state index in [0.717, 1.165) is 91.3 Å². The number of nitrogens with one attached hydrogen (secondary N) is 3. The van der Waals surface area contributed by atoms with Crippen LogP contribution in [-0.2, 0) is 35.8 Å². The number of aromatic carboxylic acids is 1. The number of benzene rings is 3. The summed E-state index contributed by atoms with van der Waals surface area (Å²) in [5.74, 6) is -1.57. The van der Waals surface area contributed by atoms with Crippen molar-refractivity contribution in [2.45, 2.75) is 92.9 Å². The number of alkyl halides is 3. The number of hydrogen-bond donors (Lipinski definition) is 4. The van der Waals surface area contributed by atoms with Gasteiger partial charge in [0.2, 0.25) is 11.8 Å². The zero-order valence-electron chi connectivity index (χ0n) is 41.4. The molecule has 0 bridgehead atoms. The molecule has 16 nitrogen and oxygen atoms in total. The number of amides is 3. The maximum absolute atomic E-state index is 15.2. The molecule has 1 saturated carbocycles. The maximum atomic E-state index is 15.2. The Bertz CT molecular complexity index is 3170. The monoisotopic (exact) mass is 1040 g/mol. The molecular formula is C55H57F3N10O6S. The molecule has 20 heteroatoms. The van der Waals surface area contributed by atoms with Gasteiger partial charge in [-0.25, -0.2) is 14.8 Å². The number of carbonyl (C=O) groups excluding carboxylic acids is 3. The van der Waals surface area contributed by atoms with E-state index in [1.807, 2.05) is 60.5 Å². The Kier molecular flexibility index (Phi) is 13.9. The number of carbonyl (C=O) groups is 4. The van der Waals surface area contributed by atoms with Crippen molar-refractivity contribution in [2.24, 2.45) is 13.0 Å². The molecule has 3 aromatic heterocycles. The molecule has 2 atom stereocenters. The highest BCUT2D eigenvalue weighted by molar-refractivity contribution is 8.00. The third kappa shape index (κ3) is 10.5. The summed E-state index contributed by atoms with van der Waals surface area (Å²) >= 11 is 1.51. The van der Waals surface area contributed by atoms with E-state index in [-0.39, 0.29) is 58.9 Å².